The summed E-state index contributed by atoms with van der Waals surface area (Å²) >= 11 is 7.47. The van der Waals surface area contributed by atoms with E-state index in [1.165, 1.54) is 28.0 Å². The Kier molecular flexibility index (Phi) is 6.20. The molecule has 3 rings (SSSR count). The monoisotopic (exact) mass is 396 g/mol. The third-order valence-corrected chi connectivity index (χ3v) is 5.69. The maximum Gasteiger partial charge on any atom is 0.288 e. The molecule has 0 aliphatic carbocycles. The van der Waals surface area contributed by atoms with Gasteiger partial charge in [-0.15, -0.1) is 11.3 Å². The number of nitro benzene ring substituents is 1. The first-order valence-corrected chi connectivity index (χ1v) is 9.50. The first kappa shape index (κ1) is 18.8. The van der Waals surface area contributed by atoms with Crippen molar-refractivity contribution in [3.63, 3.8) is 0 Å². The quantitative estimate of drug-likeness (QED) is 0.574. The molecule has 1 saturated heterocycles. The van der Waals surface area contributed by atoms with Crippen LogP contribution in [0, 0.1) is 10.1 Å². The number of ether oxygens (including phenoxy) is 1. The van der Waals surface area contributed by atoms with Gasteiger partial charge in [0.15, 0.2) is 0 Å². The van der Waals surface area contributed by atoms with Gasteiger partial charge < -0.3 is 15.0 Å². The molecular weight excluding hydrogens is 378 g/mol. The average Bonchev–Trinajstić information content (AvgIpc) is 3.17. The van der Waals surface area contributed by atoms with Gasteiger partial charge in [0.05, 0.1) is 29.6 Å². The maximum absolute atomic E-state index is 12.5. The Morgan fingerprint density at radius 2 is 2.15 bits per heavy atom. The number of halogens is 1. The summed E-state index contributed by atoms with van der Waals surface area (Å²) in [6, 6.07) is 8.27. The van der Waals surface area contributed by atoms with E-state index < -0.39 is 4.92 Å². The van der Waals surface area contributed by atoms with Gasteiger partial charge in [0.1, 0.15) is 24.2 Å². The van der Waals surface area contributed by atoms with Crippen molar-refractivity contribution in [1.82, 2.24) is 5.32 Å². The third kappa shape index (κ3) is 4.39. The fourth-order valence-electron chi connectivity index (χ4n) is 3.01. The van der Waals surface area contributed by atoms with Crippen LogP contribution in [0.25, 0.3) is 0 Å². The van der Waals surface area contributed by atoms with Gasteiger partial charge >= 0.3 is 0 Å². The Hall–Kier alpha value is -2.00. The normalized spacial score (nSPS) is 16.2. The lowest BCUT2D eigenvalue weighted by Crippen LogP contribution is -3.15. The molecule has 0 unspecified atom stereocenters. The summed E-state index contributed by atoms with van der Waals surface area (Å²) in [5.74, 6) is -0.348. The molecule has 1 fully saturated rings. The second kappa shape index (κ2) is 8.59. The summed E-state index contributed by atoms with van der Waals surface area (Å²) in [5.41, 5.74) is -0.0454. The van der Waals surface area contributed by atoms with Gasteiger partial charge in [-0.3, -0.25) is 14.9 Å². The Balaban J connectivity index is 1.71. The largest absolute Gasteiger partial charge is 0.370 e. The van der Waals surface area contributed by atoms with Gasteiger partial charge in [-0.1, -0.05) is 17.7 Å². The van der Waals surface area contributed by atoms with Crippen molar-refractivity contribution in [3.8, 4) is 0 Å². The highest BCUT2D eigenvalue weighted by molar-refractivity contribution is 7.10. The molecule has 0 spiro atoms. The van der Waals surface area contributed by atoms with E-state index >= 15 is 0 Å². The van der Waals surface area contributed by atoms with Crippen molar-refractivity contribution in [1.29, 1.82) is 0 Å². The highest BCUT2D eigenvalue weighted by atomic mass is 35.5. The van der Waals surface area contributed by atoms with Crippen molar-refractivity contribution in [2.75, 3.05) is 32.8 Å². The Bertz CT molecular complexity index is 778. The van der Waals surface area contributed by atoms with Crippen LogP contribution in [-0.2, 0) is 4.74 Å². The van der Waals surface area contributed by atoms with E-state index in [2.05, 4.69) is 11.4 Å². The number of nitrogens with one attached hydrogen (secondary N) is 2. The number of amides is 1. The summed E-state index contributed by atoms with van der Waals surface area (Å²) in [6.07, 6.45) is 0. The van der Waals surface area contributed by atoms with E-state index in [0.717, 1.165) is 13.1 Å². The number of nitro groups is 1. The van der Waals surface area contributed by atoms with Gasteiger partial charge in [-0.25, -0.2) is 0 Å². The molecule has 2 heterocycles. The van der Waals surface area contributed by atoms with E-state index in [-0.39, 0.29) is 28.2 Å². The smallest absolute Gasteiger partial charge is 0.288 e. The molecule has 1 amide bonds. The van der Waals surface area contributed by atoms with Crippen LogP contribution in [0.5, 0.6) is 0 Å². The lowest BCUT2D eigenvalue weighted by Gasteiger charge is -2.31. The van der Waals surface area contributed by atoms with E-state index in [1.54, 1.807) is 11.3 Å². The van der Waals surface area contributed by atoms with Crippen molar-refractivity contribution < 1.29 is 19.4 Å². The average molecular weight is 397 g/mol. The van der Waals surface area contributed by atoms with E-state index in [4.69, 9.17) is 16.3 Å². The molecule has 1 aromatic carbocycles. The molecule has 7 nitrogen and oxygen atoms in total. The highest BCUT2D eigenvalue weighted by Crippen LogP contribution is 2.25. The number of nitrogens with zero attached hydrogens (tertiary/aromatic N) is 1. The molecule has 0 saturated carbocycles. The third-order valence-electron chi connectivity index (χ3n) is 4.39. The number of thiophene rings is 1. The molecule has 138 valence electrons. The van der Waals surface area contributed by atoms with Crippen LogP contribution < -0.4 is 10.2 Å². The molecule has 2 aromatic rings. The first-order valence-electron chi connectivity index (χ1n) is 8.24. The number of rotatable bonds is 6. The number of carbonyl (C=O) groups is 1. The van der Waals surface area contributed by atoms with Crippen LogP contribution in [0.2, 0.25) is 5.02 Å². The predicted molar refractivity (Wildman–Crippen MR) is 99.0 cm³/mol. The molecular formula is C17H19ClN3O4S+. The Morgan fingerprint density at radius 3 is 2.81 bits per heavy atom. The van der Waals surface area contributed by atoms with Crippen molar-refractivity contribution >= 4 is 34.5 Å². The second-order valence-electron chi connectivity index (χ2n) is 5.97. The predicted octanol–water partition coefficient (Wildman–Crippen LogP) is 1.70. The molecule has 0 radical (unpaired) electrons. The summed E-state index contributed by atoms with van der Waals surface area (Å²) in [7, 11) is 0. The van der Waals surface area contributed by atoms with E-state index in [1.807, 2.05) is 11.4 Å². The fourth-order valence-corrected chi connectivity index (χ4v) is 4.08. The molecule has 1 atom stereocenters. The molecule has 9 heteroatoms. The van der Waals surface area contributed by atoms with Crippen LogP contribution in [0.4, 0.5) is 5.69 Å². The van der Waals surface area contributed by atoms with Gasteiger partial charge in [-0.05, 0) is 23.6 Å². The van der Waals surface area contributed by atoms with Crippen molar-refractivity contribution in [3.05, 3.63) is 61.3 Å². The number of hydrogen-bond acceptors (Lipinski definition) is 5. The summed E-state index contributed by atoms with van der Waals surface area (Å²) in [6.45, 7) is 3.61. The molecule has 0 bridgehead atoms. The molecule has 1 aliphatic rings. The maximum atomic E-state index is 12.5. The topological polar surface area (TPSA) is 85.9 Å². The summed E-state index contributed by atoms with van der Waals surface area (Å²) < 4.78 is 5.43. The van der Waals surface area contributed by atoms with Crippen molar-refractivity contribution in [2.24, 2.45) is 0 Å². The van der Waals surface area contributed by atoms with Crippen LogP contribution in [0.15, 0.2) is 35.7 Å². The number of carbonyl (C=O) groups excluding carboxylic acids is 1. The molecule has 2 N–H and O–H groups in total. The molecule has 1 aromatic heterocycles. The number of morpholine rings is 1. The standard InChI is InChI=1S/C17H18ClN3O4S/c18-13-4-3-12(10-14(13)21(23)24)17(22)19-11-15(16-2-1-9-26-16)20-5-7-25-8-6-20/h1-4,9-10,15H,5-8,11H2,(H,19,22)/p+1/t15-/m1/s1. The molecule has 26 heavy (non-hydrogen) atoms. The number of hydrogen-bond donors (Lipinski definition) is 2. The Morgan fingerprint density at radius 1 is 1.38 bits per heavy atom. The molecule has 1 aliphatic heterocycles. The minimum Gasteiger partial charge on any atom is -0.370 e. The van der Waals surface area contributed by atoms with Gasteiger partial charge in [0.25, 0.3) is 11.6 Å². The van der Waals surface area contributed by atoms with Crippen LogP contribution in [0.1, 0.15) is 21.3 Å². The minimum absolute atomic E-state index is 0.0146. The second-order valence-corrected chi connectivity index (χ2v) is 7.36. The van der Waals surface area contributed by atoms with E-state index in [0.29, 0.717) is 19.8 Å². The van der Waals surface area contributed by atoms with Gasteiger partial charge in [0.2, 0.25) is 0 Å². The first-order chi connectivity index (χ1) is 12.6. The number of quaternary nitrogens is 1. The SMILES string of the molecule is O=C(NC[C@H](c1cccs1)[NH+]1CCOCC1)c1ccc(Cl)c([N+](=O)[O-])c1. The zero-order valence-electron chi connectivity index (χ0n) is 13.9. The zero-order valence-corrected chi connectivity index (χ0v) is 15.5. The van der Waals surface area contributed by atoms with Crippen LogP contribution in [0.3, 0.4) is 0 Å². The van der Waals surface area contributed by atoms with Gasteiger partial charge in [-0.2, -0.15) is 0 Å². The van der Waals surface area contributed by atoms with E-state index in [9.17, 15) is 14.9 Å². The minimum atomic E-state index is -0.592. The summed E-state index contributed by atoms with van der Waals surface area (Å²) in [4.78, 5) is 25.4. The lowest BCUT2D eigenvalue weighted by atomic mass is 10.1. The lowest BCUT2D eigenvalue weighted by molar-refractivity contribution is -0.937. The fraction of sp³-hybridized carbons (Fsp3) is 0.353. The van der Waals surface area contributed by atoms with Gasteiger partial charge in [0, 0.05) is 11.6 Å². The van der Waals surface area contributed by atoms with Crippen molar-refractivity contribution in [2.45, 2.75) is 6.04 Å². The number of benzene rings is 1. The summed E-state index contributed by atoms with van der Waals surface area (Å²) in [5, 5.41) is 15.9. The van der Waals surface area contributed by atoms with Crippen LogP contribution in [-0.4, -0.2) is 43.7 Å². The highest BCUT2D eigenvalue weighted by Gasteiger charge is 2.28. The Labute approximate surface area is 159 Å². The van der Waals surface area contributed by atoms with Crippen LogP contribution >= 0.6 is 22.9 Å². The zero-order chi connectivity index (χ0) is 18.5.